The zero-order valence-corrected chi connectivity index (χ0v) is 11.9. The van der Waals surface area contributed by atoms with Crippen LogP contribution in [0.3, 0.4) is 0 Å². The fourth-order valence-corrected chi connectivity index (χ4v) is 2.16. The number of nitrogens with zero attached hydrogens (tertiary/aromatic N) is 1. The Morgan fingerprint density at radius 1 is 1.05 bits per heavy atom. The van der Waals surface area contributed by atoms with Crippen molar-refractivity contribution in [1.29, 1.82) is 0 Å². The molecule has 0 atom stereocenters. The monoisotopic (exact) mass is 270 g/mol. The molecular weight excluding hydrogens is 252 g/mol. The van der Waals surface area contributed by atoms with Gasteiger partial charge < -0.3 is 4.74 Å². The number of para-hydroxylation sites is 1. The number of carbonyl (C=O) groups is 1. The smallest absolute Gasteiger partial charge is 0.272 e. The Labute approximate surface area is 118 Å². The van der Waals surface area contributed by atoms with Gasteiger partial charge in [0.25, 0.3) is 5.91 Å². The molecule has 20 heavy (non-hydrogen) atoms. The summed E-state index contributed by atoms with van der Waals surface area (Å²) in [6.45, 7) is 3.87. The second-order valence-corrected chi connectivity index (χ2v) is 4.64. The van der Waals surface area contributed by atoms with Gasteiger partial charge in [-0.3, -0.25) is 4.79 Å². The zero-order chi connectivity index (χ0) is 14.7. The summed E-state index contributed by atoms with van der Waals surface area (Å²) in [5, 5.41) is 1.20. The number of methoxy groups -OCH3 is 1. The first-order valence-corrected chi connectivity index (χ1v) is 6.34. The van der Waals surface area contributed by atoms with Gasteiger partial charge in [-0.2, -0.15) is 0 Å². The summed E-state index contributed by atoms with van der Waals surface area (Å²) in [5.41, 5.74) is 3.20. The fourth-order valence-electron chi connectivity index (χ4n) is 2.16. The van der Waals surface area contributed by atoms with Crippen LogP contribution in [0.25, 0.3) is 0 Å². The van der Waals surface area contributed by atoms with E-state index >= 15 is 0 Å². The first-order valence-electron chi connectivity index (χ1n) is 6.34. The lowest BCUT2D eigenvalue weighted by atomic mass is 10.1. The Morgan fingerprint density at radius 3 is 2.10 bits per heavy atom. The average molecular weight is 270 g/mol. The van der Waals surface area contributed by atoms with E-state index < -0.39 is 0 Å². The molecule has 0 aliphatic rings. The number of carbonyl (C=O) groups excluding carboxylic acids is 1. The number of anilines is 1. The molecule has 104 valence electrons. The molecule has 0 spiro atoms. The molecule has 4 nitrogen and oxygen atoms in total. The summed E-state index contributed by atoms with van der Waals surface area (Å²) in [6.07, 6.45) is 0. The van der Waals surface area contributed by atoms with Gasteiger partial charge in [-0.15, -0.1) is 0 Å². The standard InChI is InChI=1S/C16H18N2O2/c1-11-5-4-6-12(2)15(11)18(17)16(19)13-7-9-14(20-3)10-8-13/h4-10H,17H2,1-3H3. The van der Waals surface area contributed by atoms with E-state index in [1.54, 1.807) is 31.4 Å². The predicted octanol–water partition coefficient (Wildman–Crippen LogP) is 2.83. The van der Waals surface area contributed by atoms with E-state index in [0.717, 1.165) is 16.8 Å². The largest absolute Gasteiger partial charge is 0.497 e. The van der Waals surface area contributed by atoms with Gasteiger partial charge in [0.15, 0.2) is 0 Å². The molecule has 2 aromatic carbocycles. The van der Waals surface area contributed by atoms with Crippen molar-refractivity contribution in [2.75, 3.05) is 12.1 Å². The quantitative estimate of drug-likeness (QED) is 0.530. The number of amides is 1. The Hall–Kier alpha value is -2.33. The molecule has 0 bridgehead atoms. The molecule has 2 N–H and O–H groups in total. The van der Waals surface area contributed by atoms with Crippen molar-refractivity contribution in [3.05, 3.63) is 59.2 Å². The number of rotatable bonds is 3. The number of hydrogen-bond donors (Lipinski definition) is 1. The minimum absolute atomic E-state index is 0.245. The molecule has 0 aliphatic heterocycles. The van der Waals surface area contributed by atoms with Crippen LogP contribution in [0.2, 0.25) is 0 Å². The topological polar surface area (TPSA) is 55.6 Å². The third kappa shape index (κ3) is 2.65. The number of ether oxygens (including phenoxy) is 1. The second-order valence-electron chi connectivity index (χ2n) is 4.64. The maximum atomic E-state index is 12.4. The Morgan fingerprint density at radius 2 is 1.60 bits per heavy atom. The van der Waals surface area contributed by atoms with Crippen molar-refractivity contribution < 1.29 is 9.53 Å². The van der Waals surface area contributed by atoms with Gasteiger partial charge in [-0.1, -0.05) is 18.2 Å². The number of hydrazine groups is 1. The normalized spacial score (nSPS) is 10.2. The third-order valence-corrected chi connectivity index (χ3v) is 3.24. The molecule has 0 saturated heterocycles. The number of nitrogens with two attached hydrogens (primary N) is 1. The summed E-state index contributed by atoms with van der Waals surface area (Å²) in [6, 6.07) is 12.7. The van der Waals surface area contributed by atoms with Gasteiger partial charge in [0.2, 0.25) is 0 Å². The van der Waals surface area contributed by atoms with Gasteiger partial charge in [0.05, 0.1) is 12.8 Å². The summed E-state index contributed by atoms with van der Waals surface area (Å²) < 4.78 is 5.08. The highest BCUT2D eigenvalue weighted by atomic mass is 16.5. The summed E-state index contributed by atoms with van der Waals surface area (Å²) in [5.74, 6) is 6.46. The van der Waals surface area contributed by atoms with Crippen molar-refractivity contribution in [2.45, 2.75) is 13.8 Å². The molecular formula is C16H18N2O2. The van der Waals surface area contributed by atoms with Crippen LogP contribution in [0.15, 0.2) is 42.5 Å². The SMILES string of the molecule is COc1ccc(C(=O)N(N)c2c(C)cccc2C)cc1. The van der Waals surface area contributed by atoms with Crippen molar-refractivity contribution >= 4 is 11.6 Å². The van der Waals surface area contributed by atoms with Crippen molar-refractivity contribution in [3.8, 4) is 5.75 Å². The van der Waals surface area contributed by atoms with Crippen molar-refractivity contribution in [3.63, 3.8) is 0 Å². The number of benzene rings is 2. The molecule has 0 aromatic heterocycles. The predicted molar refractivity (Wildman–Crippen MR) is 79.9 cm³/mol. The van der Waals surface area contributed by atoms with Gasteiger partial charge in [-0.05, 0) is 49.2 Å². The van der Waals surface area contributed by atoms with E-state index in [0.29, 0.717) is 11.3 Å². The highest BCUT2D eigenvalue weighted by Gasteiger charge is 2.17. The Bertz CT molecular complexity index is 601. The Kier molecular flexibility index (Phi) is 4.05. The summed E-state index contributed by atoms with van der Waals surface area (Å²) in [7, 11) is 1.59. The van der Waals surface area contributed by atoms with Crippen LogP contribution < -0.4 is 15.6 Å². The second kappa shape index (κ2) is 5.75. The average Bonchev–Trinajstić information content (AvgIpc) is 2.46. The van der Waals surface area contributed by atoms with E-state index in [1.807, 2.05) is 32.0 Å². The first-order chi connectivity index (χ1) is 9.54. The van der Waals surface area contributed by atoms with E-state index in [4.69, 9.17) is 10.6 Å². The lowest BCUT2D eigenvalue weighted by Gasteiger charge is -2.21. The van der Waals surface area contributed by atoms with Gasteiger partial charge in [0.1, 0.15) is 5.75 Å². The lowest BCUT2D eigenvalue weighted by molar-refractivity contribution is 0.0986. The van der Waals surface area contributed by atoms with Crippen LogP contribution in [0.4, 0.5) is 5.69 Å². The molecule has 0 fully saturated rings. The van der Waals surface area contributed by atoms with E-state index in [9.17, 15) is 4.79 Å². The molecule has 4 heteroatoms. The van der Waals surface area contributed by atoms with Gasteiger partial charge in [0, 0.05) is 5.56 Å². The fraction of sp³-hybridized carbons (Fsp3) is 0.188. The molecule has 2 rings (SSSR count). The maximum Gasteiger partial charge on any atom is 0.272 e. The molecule has 0 aliphatic carbocycles. The van der Waals surface area contributed by atoms with E-state index in [2.05, 4.69) is 0 Å². The van der Waals surface area contributed by atoms with Crippen LogP contribution in [-0.2, 0) is 0 Å². The minimum atomic E-state index is -0.245. The van der Waals surface area contributed by atoms with E-state index in [1.165, 1.54) is 5.01 Å². The molecule has 0 radical (unpaired) electrons. The highest BCUT2D eigenvalue weighted by Crippen LogP contribution is 2.24. The van der Waals surface area contributed by atoms with Gasteiger partial charge >= 0.3 is 0 Å². The van der Waals surface area contributed by atoms with Crippen LogP contribution >= 0.6 is 0 Å². The van der Waals surface area contributed by atoms with Crippen molar-refractivity contribution in [1.82, 2.24) is 0 Å². The molecule has 2 aromatic rings. The summed E-state index contributed by atoms with van der Waals surface area (Å²) >= 11 is 0. The van der Waals surface area contributed by atoms with Crippen LogP contribution in [0, 0.1) is 13.8 Å². The molecule has 1 amide bonds. The van der Waals surface area contributed by atoms with Crippen LogP contribution in [0.1, 0.15) is 21.5 Å². The maximum absolute atomic E-state index is 12.4. The zero-order valence-electron chi connectivity index (χ0n) is 11.9. The molecule has 0 heterocycles. The van der Waals surface area contributed by atoms with Crippen LogP contribution in [0.5, 0.6) is 5.75 Å². The van der Waals surface area contributed by atoms with Crippen molar-refractivity contribution in [2.24, 2.45) is 5.84 Å². The number of aryl methyl sites for hydroxylation is 2. The Balaban J connectivity index is 2.32. The van der Waals surface area contributed by atoms with Gasteiger partial charge in [-0.25, -0.2) is 10.9 Å². The first kappa shape index (κ1) is 14.1. The lowest BCUT2D eigenvalue weighted by Crippen LogP contribution is -2.38. The number of hydrogen-bond acceptors (Lipinski definition) is 3. The minimum Gasteiger partial charge on any atom is -0.497 e. The highest BCUT2D eigenvalue weighted by molar-refractivity contribution is 6.06. The summed E-state index contributed by atoms with van der Waals surface area (Å²) in [4.78, 5) is 12.4. The molecule has 0 saturated carbocycles. The molecule has 0 unspecified atom stereocenters. The van der Waals surface area contributed by atoms with Crippen LogP contribution in [-0.4, -0.2) is 13.0 Å². The van der Waals surface area contributed by atoms with E-state index in [-0.39, 0.29) is 5.91 Å². The third-order valence-electron chi connectivity index (χ3n) is 3.24.